The van der Waals surface area contributed by atoms with Gasteiger partial charge in [-0.05, 0) is 5.56 Å². The highest BCUT2D eigenvalue weighted by Crippen LogP contribution is 2.22. The molecule has 104 valence electrons. The zero-order valence-corrected chi connectivity index (χ0v) is 10.3. The first-order chi connectivity index (χ1) is 9.04. The molecule has 0 aliphatic carbocycles. The Hall–Kier alpha value is -2.68. The number of urea groups is 1. The number of barbiturate groups is 1. The fraction of sp³-hybridized carbons (Fsp3) is 0.286. The lowest BCUT2D eigenvalue weighted by atomic mass is 10.1. The molecule has 0 aromatic heterocycles. The normalized spacial score (nSPS) is 14.9. The molecule has 1 heterocycles. The van der Waals surface area contributed by atoms with Crippen molar-refractivity contribution in [3.8, 4) is 0 Å². The lowest BCUT2D eigenvalue weighted by Gasteiger charge is -2.30. The molecule has 6 nitrogen and oxygen atoms in total. The fourth-order valence-electron chi connectivity index (χ4n) is 1.82. The van der Waals surface area contributed by atoms with Gasteiger partial charge in [0.15, 0.2) is 5.69 Å². The summed E-state index contributed by atoms with van der Waals surface area (Å²) in [6.45, 7) is 7.05. The zero-order valence-electron chi connectivity index (χ0n) is 10.3. The second kappa shape index (κ2) is 5.97. The Balaban J connectivity index is 0.00000200. The van der Waals surface area contributed by atoms with Gasteiger partial charge in [-0.15, -0.1) is 0 Å². The standard InChI is InChI=1S/C13H11N3O3.CH4/c1-14-10-6-4-3-5-9(10)8-16-12(18)7-11(17)15(2)13(16)19;/h3-6H,7-8H2,2H3;1H4. The molecule has 6 heteroatoms. The minimum atomic E-state index is -0.652. The van der Waals surface area contributed by atoms with Crippen LogP contribution in [0.4, 0.5) is 10.5 Å². The molecule has 0 atom stereocenters. The van der Waals surface area contributed by atoms with Gasteiger partial charge in [0.25, 0.3) is 0 Å². The van der Waals surface area contributed by atoms with E-state index in [2.05, 4.69) is 4.85 Å². The van der Waals surface area contributed by atoms with Crippen molar-refractivity contribution in [1.82, 2.24) is 9.80 Å². The van der Waals surface area contributed by atoms with Crippen molar-refractivity contribution in [2.45, 2.75) is 20.4 Å². The van der Waals surface area contributed by atoms with Crippen molar-refractivity contribution < 1.29 is 14.4 Å². The minimum absolute atomic E-state index is 0. The van der Waals surface area contributed by atoms with E-state index >= 15 is 0 Å². The second-order valence-corrected chi connectivity index (χ2v) is 4.13. The smallest absolute Gasteiger partial charge is 0.274 e. The third kappa shape index (κ3) is 2.67. The Kier molecular flexibility index (Phi) is 4.59. The van der Waals surface area contributed by atoms with Crippen LogP contribution in [0.25, 0.3) is 4.85 Å². The average molecular weight is 273 g/mol. The zero-order chi connectivity index (χ0) is 14.0. The number of carbonyl (C=O) groups excluding carboxylic acids is 3. The van der Waals surface area contributed by atoms with Gasteiger partial charge in [0.2, 0.25) is 11.8 Å². The van der Waals surface area contributed by atoms with Gasteiger partial charge in [-0.3, -0.25) is 19.4 Å². The number of para-hydroxylation sites is 1. The van der Waals surface area contributed by atoms with Gasteiger partial charge in [0, 0.05) is 13.6 Å². The van der Waals surface area contributed by atoms with E-state index in [1.54, 1.807) is 24.3 Å². The molecule has 20 heavy (non-hydrogen) atoms. The van der Waals surface area contributed by atoms with Gasteiger partial charge in [-0.2, -0.15) is 0 Å². The Morgan fingerprint density at radius 2 is 1.85 bits per heavy atom. The molecular formula is C14H15N3O3. The number of benzene rings is 1. The second-order valence-electron chi connectivity index (χ2n) is 4.13. The van der Waals surface area contributed by atoms with Crippen molar-refractivity contribution in [2.24, 2.45) is 0 Å². The summed E-state index contributed by atoms with van der Waals surface area (Å²) in [6, 6.07) is 6.10. The van der Waals surface area contributed by atoms with Crippen molar-refractivity contribution >= 4 is 23.5 Å². The summed E-state index contributed by atoms with van der Waals surface area (Å²) in [5.41, 5.74) is 0.976. The molecule has 4 amide bonds. The number of hydrogen-bond acceptors (Lipinski definition) is 3. The van der Waals surface area contributed by atoms with Crippen LogP contribution < -0.4 is 0 Å². The lowest BCUT2D eigenvalue weighted by molar-refractivity contribution is -0.142. The predicted octanol–water partition coefficient (Wildman–Crippen LogP) is 2.18. The number of hydrogen-bond donors (Lipinski definition) is 0. The van der Waals surface area contributed by atoms with E-state index in [1.807, 2.05) is 0 Å². The molecule has 0 bridgehead atoms. The van der Waals surface area contributed by atoms with E-state index < -0.39 is 17.8 Å². The quantitative estimate of drug-likeness (QED) is 0.613. The van der Waals surface area contributed by atoms with Crippen LogP contribution in [0.1, 0.15) is 19.4 Å². The SMILES string of the molecule is C.[C-]#[N+]c1ccccc1CN1C(=O)CC(=O)N(C)C1=O. The van der Waals surface area contributed by atoms with Gasteiger partial charge in [-0.25, -0.2) is 9.64 Å². The van der Waals surface area contributed by atoms with Crippen LogP contribution in [-0.2, 0) is 16.1 Å². The molecule has 1 saturated heterocycles. The highest BCUT2D eigenvalue weighted by Gasteiger charge is 2.35. The average Bonchev–Trinajstić information content (AvgIpc) is 2.41. The first-order valence-corrected chi connectivity index (χ1v) is 5.61. The third-order valence-electron chi connectivity index (χ3n) is 2.94. The van der Waals surface area contributed by atoms with Crippen molar-refractivity contribution in [1.29, 1.82) is 0 Å². The van der Waals surface area contributed by atoms with E-state index in [4.69, 9.17) is 6.57 Å². The van der Waals surface area contributed by atoms with Crippen LogP contribution in [0.3, 0.4) is 0 Å². The molecule has 1 fully saturated rings. The molecular weight excluding hydrogens is 258 g/mol. The van der Waals surface area contributed by atoms with Crippen LogP contribution in [-0.4, -0.2) is 34.7 Å². The van der Waals surface area contributed by atoms with Crippen LogP contribution >= 0.6 is 0 Å². The van der Waals surface area contributed by atoms with E-state index in [9.17, 15) is 14.4 Å². The first kappa shape index (κ1) is 15.4. The Bertz CT molecular complexity index is 604. The molecule has 0 spiro atoms. The Morgan fingerprint density at radius 3 is 2.50 bits per heavy atom. The largest absolute Gasteiger partial charge is 0.333 e. The van der Waals surface area contributed by atoms with Crippen LogP contribution in [0, 0.1) is 6.57 Å². The molecule has 0 saturated carbocycles. The number of imide groups is 2. The molecule has 0 N–H and O–H groups in total. The number of amides is 4. The molecule has 1 aromatic carbocycles. The van der Waals surface area contributed by atoms with Crippen LogP contribution in [0.15, 0.2) is 24.3 Å². The van der Waals surface area contributed by atoms with E-state index in [0.717, 1.165) is 9.80 Å². The van der Waals surface area contributed by atoms with Gasteiger partial charge in [0.1, 0.15) is 6.42 Å². The molecule has 1 aliphatic heterocycles. The van der Waals surface area contributed by atoms with Gasteiger partial charge in [-0.1, -0.05) is 31.7 Å². The minimum Gasteiger partial charge on any atom is -0.274 e. The summed E-state index contributed by atoms with van der Waals surface area (Å²) >= 11 is 0. The van der Waals surface area contributed by atoms with Gasteiger partial charge < -0.3 is 0 Å². The number of nitrogens with zero attached hydrogens (tertiary/aromatic N) is 3. The summed E-state index contributed by atoms with van der Waals surface area (Å²) in [7, 11) is 1.34. The van der Waals surface area contributed by atoms with Gasteiger partial charge >= 0.3 is 6.03 Å². The van der Waals surface area contributed by atoms with Crippen LogP contribution in [0.5, 0.6) is 0 Å². The van der Waals surface area contributed by atoms with E-state index in [-0.39, 0.29) is 20.4 Å². The predicted molar refractivity (Wildman–Crippen MR) is 72.8 cm³/mol. The summed E-state index contributed by atoms with van der Waals surface area (Å²) in [5, 5.41) is 0. The summed E-state index contributed by atoms with van der Waals surface area (Å²) in [4.78, 5) is 40.2. The Morgan fingerprint density at radius 1 is 1.20 bits per heavy atom. The highest BCUT2D eigenvalue weighted by atomic mass is 16.2. The summed E-state index contributed by atoms with van der Waals surface area (Å²) in [6.07, 6.45) is -0.317. The maximum atomic E-state index is 11.9. The van der Waals surface area contributed by atoms with Crippen molar-refractivity contribution in [3.05, 3.63) is 41.2 Å². The Labute approximate surface area is 117 Å². The maximum Gasteiger partial charge on any atom is 0.333 e. The first-order valence-electron chi connectivity index (χ1n) is 5.61. The summed E-state index contributed by atoms with van der Waals surface area (Å²) < 4.78 is 0. The lowest BCUT2D eigenvalue weighted by Crippen LogP contribution is -2.52. The van der Waals surface area contributed by atoms with Crippen molar-refractivity contribution in [3.63, 3.8) is 0 Å². The molecule has 0 radical (unpaired) electrons. The van der Waals surface area contributed by atoms with E-state index in [0.29, 0.717) is 11.3 Å². The third-order valence-corrected chi connectivity index (χ3v) is 2.94. The highest BCUT2D eigenvalue weighted by molar-refractivity contribution is 6.13. The maximum absolute atomic E-state index is 11.9. The monoisotopic (exact) mass is 273 g/mol. The van der Waals surface area contributed by atoms with Crippen molar-refractivity contribution in [2.75, 3.05) is 7.05 Å². The van der Waals surface area contributed by atoms with E-state index in [1.165, 1.54) is 7.05 Å². The topological polar surface area (TPSA) is 62.1 Å². The molecule has 0 unspecified atom stereocenters. The summed E-state index contributed by atoms with van der Waals surface area (Å²) in [5.74, 6) is -1.04. The van der Waals surface area contributed by atoms with Crippen LogP contribution in [0.2, 0.25) is 0 Å². The molecule has 2 rings (SSSR count). The number of rotatable bonds is 2. The molecule has 1 aliphatic rings. The van der Waals surface area contributed by atoms with Gasteiger partial charge in [0.05, 0.1) is 6.57 Å². The fourth-order valence-corrected chi connectivity index (χ4v) is 1.82. The number of carbonyl (C=O) groups is 3. The molecule has 1 aromatic rings.